The fraction of sp³-hybridized carbons (Fsp3) is 0.528. The first-order chi connectivity index (χ1) is 22.4. The third kappa shape index (κ3) is 11.2. The van der Waals surface area contributed by atoms with E-state index in [-0.39, 0.29) is 23.8 Å². The SMILES string of the molecule is CC(C)(C)OC(=O)NC1CCC(Nc2c(C(=O)Nc3ccc(F)cc3)cnc3c2cc(C#C[Si](C)(C)C)n3COCC[Si](C)(C)C)CC1. The van der Waals surface area contributed by atoms with Crippen LogP contribution in [0.3, 0.4) is 0 Å². The Balaban J connectivity index is 1.68. The Morgan fingerprint density at radius 1 is 1.02 bits per heavy atom. The van der Waals surface area contributed by atoms with Gasteiger partial charge in [0.15, 0.2) is 0 Å². The molecule has 0 saturated heterocycles. The number of pyridine rings is 1. The van der Waals surface area contributed by atoms with Crippen LogP contribution in [0.4, 0.5) is 20.6 Å². The average Bonchev–Trinajstić information content (AvgIpc) is 3.32. The van der Waals surface area contributed by atoms with Crippen molar-refractivity contribution < 1.29 is 23.5 Å². The Hall–Kier alpha value is -3.67. The number of carbonyl (C=O) groups excluding carboxylic acids is 2. The van der Waals surface area contributed by atoms with Crippen molar-refractivity contribution in [2.75, 3.05) is 17.2 Å². The van der Waals surface area contributed by atoms with Gasteiger partial charge >= 0.3 is 6.09 Å². The van der Waals surface area contributed by atoms with Crippen LogP contribution in [0.5, 0.6) is 0 Å². The summed E-state index contributed by atoms with van der Waals surface area (Å²) in [7, 11) is -2.99. The quantitative estimate of drug-likeness (QED) is 0.112. The maximum Gasteiger partial charge on any atom is 0.407 e. The molecule has 12 heteroatoms. The number of fused-ring (bicyclic) bond motifs is 1. The molecule has 0 spiro atoms. The monoisotopic (exact) mass is 693 g/mol. The second-order valence-electron chi connectivity index (χ2n) is 15.9. The van der Waals surface area contributed by atoms with E-state index in [0.29, 0.717) is 35.9 Å². The minimum absolute atomic E-state index is 0.00874. The molecule has 3 N–H and O–H groups in total. The molecule has 2 aromatic heterocycles. The summed E-state index contributed by atoms with van der Waals surface area (Å²) in [6, 6.07) is 8.79. The number of halogens is 1. The van der Waals surface area contributed by atoms with Crippen LogP contribution in [0.2, 0.25) is 45.3 Å². The van der Waals surface area contributed by atoms with Gasteiger partial charge in [-0.25, -0.2) is 14.2 Å². The number of benzene rings is 1. The molecule has 0 atom stereocenters. The van der Waals surface area contributed by atoms with Gasteiger partial charge in [0.2, 0.25) is 0 Å². The lowest BCUT2D eigenvalue weighted by Gasteiger charge is -2.31. The van der Waals surface area contributed by atoms with Crippen LogP contribution in [-0.2, 0) is 16.2 Å². The van der Waals surface area contributed by atoms with E-state index in [9.17, 15) is 14.0 Å². The van der Waals surface area contributed by atoms with Crippen LogP contribution in [0.1, 0.15) is 62.5 Å². The normalized spacial score (nSPS) is 17.0. The number of amides is 2. The summed E-state index contributed by atoms with van der Waals surface area (Å²) >= 11 is 0. The van der Waals surface area contributed by atoms with Gasteiger partial charge in [0.1, 0.15) is 31.9 Å². The molecule has 0 aliphatic heterocycles. The highest BCUT2D eigenvalue weighted by molar-refractivity contribution is 6.83. The van der Waals surface area contributed by atoms with Gasteiger partial charge in [-0.15, -0.1) is 5.54 Å². The summed E-state index contributed by atoms with van der Waals surface area (Å²) in [6.07, 6.45) is 4.28. The van der Waals surface area contributed by atoms with Crippen molar-refractivity contribution in [2.24, 2.45) is 0 Å². The predicted molar refractivity (Wildman–Crippen MR) is 197 cm³/mol. The summed E-state index contributed by atoms with van der Waals surface area (Å²) in [5.74, 6) is 2.68. The topological polar surface area (TPSA) is 107 Å². The fourth-order valence-electron chi connectivity index (χ4n) is 5.34. The van der Waals surface area contributed by atoms with Gasteiger partial charge in [0, 0.05) is 44.0 Å². The highest BCUT2D eigenvalue weighted by atomic mass is 28.3. The molecule has 1 aliphatic rings. The molecule has 48 heavy (non-hydrogen) atoms. The highest BCUT2D eigenvalue weighted by Gasteiger charge is 2.28. The van der Waals surface area contributed by atoms with Gasteiger partial charge in [-0.2, -0.15) is 0 Å². The number of rotatable bonds is 10. The Labute approximate surface area is 286 Å². The van der Waals surface area contributed by atoms with E-state index in [1.807, 2.05) is 31.4 Å². The second kappa shape index (κ2) is 15.3. The number of nitrogens with zero attached hydrogens (tertiary/aromatic N) is 2. The van der Waals surface area contributed by atoms with Crippen LogP contribution in [0, 0.1) is 17.3 Å². The molecule has 0 unspecified atom stereocenters. The van der Waals surface area contributed by atoms with Gasteiger partial charge in [0.25, 0.3) is 5.91 Å². The van der Waals surface area contributed by atoms with Crippen molar-refractivity contribution in [1.29, 1.82) is 0 Å². The maximum atomic E-state index is 13.8. The van der Waals surface area contributed by atoms with E-state index in [4.69, 9.17) is 14.5 Å². The predicted octanol–water partition coefficient (Wildman–Crippen LogP) is 8.22. The number of anilines is 2. The van der Waals surface area contributed by atoms with Crippen molar-refractivity contribution in [3.63, 3.8) is 0 Å². The molecule has 1 saturated carbocycles. The van der Waals surface area contributed by atoms with E-state index in [1.165, 1.54) is 24.3 Å². The molecule has 4 rings (SSSR count). The van der Waals surface area contributed by atoms with E-state index in [1.54, 1.807) is 6.20 Å². The van der Waals surface area contributed by atoms with E-state index >= 15 is 0 Å². The standard InChI is InChI=1S/C36H52FN5O4Si2/c1-36(2,3)46-35(44)41-28-16-14-26(15-17-28)39-32-30-22-29(18-20-47(4,5)6)42(24-45-19-21-48(7,8)9)33(30)38-23-31(32)34(43)40-27-12-10-25(37)11-13-27/h10-13,22-23,26,28H,14-17,19,21,24H2,1-9H3,(H,38,39)(H,40,43)(H,41,44). The zero-order valence-corrected chi connectivity index (χ0v) is 32.0. The van der Waals surface area contributed by atoms with Crippen LogP contribution < -0.4 is 16.0 Å². The first-order valence-electron chi connectivity index (χ1n) is 16.8. The minimum Gasteiger partial charge on any atom is -0.444 e. The van der Waals surface area contributed by atoms with Crippen molar-refractivity contribution >= 4 is 50.6 Å². The van der Waals surface area contributed by atoms with Gasteiger partial charge in [0.05, 0.1) is 16.9 Å². The lowest BCUT2D eigenvalue weighted by molar-refractivity contribution is 0.0492. The number of hydrogen-bond acceptors (Lipinski definition) is 6. The molecule has 3 aromatic rings. The molecule has 9 nitrogen and oxygen atoms in total. The number of alkyl carbamates (subject to hydrolysis) is 1. The smallest absolute Gasteiger partial charge is 0.407 e. The Morgan fingerprint density at radius 3 is 2.27 bits per heavy atom. The van der Waals surface area contributed by atoms with Crippen molar-refractivity contribution in [3.8, 4) is 11.5 Å². The molecule has 260 valence electrons. The molecule has 2 amide bonds. The summed E-state index contributed by atoms with van der Waals surface area (Å²) in [6.45, 7) is 20.1. The average molecular weight is 694 g/mol. The molecule has 1 fully saturated rings. The summed E-state index contributed by atoms with van der Waals surface area (Å²) in [5.41, 5.74) is 5.92. The van der Waals surface area contributed by atoms with Crippen molar-refractivity contribution in [3.05, 3.63) is 53.6 Å². The third-order valence-electron chi connectivity index (χ3n) is 7.85. The lowest BCUT2D eigenvalue weighted by atomic mass is 9.90. The number of ether oxygens (including phenoxy) is 2. The first kappa shape index (κ1) is 37.2. The third-order valence-corrected chi connectivity index (χ3v) is 10.4. The number of aromatic nitrogens is 2. The number of nitrogens with one attached hydrogen (secondary N) is 3. The molecule has 1 aliphatic carbocycles. The van der Waals surface area contributed by atoms with Gasteiger partial charge in [-0.05, 0) is 82.8 Å². The van der Waals surface area contributed by atoms with Crippen LogP contribution in [0.15, 0.2) is 36.5 Å². The van der Waals surface area contributed by atoms with Gasteiger partial charge < -0.3 is 25.4 Å². The first-order valence-corrected chi connectivity index (χ1v) is 24.0. The van der Waals surface area contributed by atoms with E-state index in [0.717, 1.165) is 42.8 Å². The van der Waals surface area contributed by atoms with Gasteiger partial charge in [-0.3, -0.25) is 9.36 Å². The Morgan fingerprint density at radius 2 is 1.67 bits per heavy atom. The highest BCUT2D eigenvalue weighted by Crippen LogP contribution is 2.33. The fourth-order valence-corrected chi connectivity index (χ4v) is 6.60. The number of carbonyl (C=O) groups is 2. The lowest BCUT2D eigenvalue weighted by Crippen LogP contribution is -2.42. The summed E-state index contributed by atoms with van der Waals surface area (Å²) in [5, 5.41) is 10.4. The summed E-state index contributed by atoms with van der Waals surface area (Å²) in [4.78, 5) is 30.9. The second-order valence-corrected chi connectivity index (χ2v) is 26.3. The minimum atomic E-state index is -1.71. The van der Waals surface area contributed by atoms with Crippen LogP contribution in [-0.4, -0.2) is 62.0 Å². The summed E-state index contributed by atoms with van der Waals surface area (Å²) < 4.78 is 27.2. The van der Waals surface area contributed by atoms with Gasteiger partial charge in [-0.1, -0.05) is 45.2 Å². The Kier molecular flexibility index (Phi) is 11.8. The Bertz CT molecular complexity index is 1650. The zero-order valence-electron chi connectivity index (χ0n) is 30.0. The molecule has 1 aromatic carbocycles. The molecule has 0 bridgehead atoms. The maximum absolute atomic E-state index is 13.8. The molecular weight excluding hydrogens is 642 g/mol. The van der Waals surface area contributed by atoms with Crippen molar-refractivity contribution in [1.82, 2.24) is 14.9 Å². The van der Waals surface area contributed by atoms with Crippen molar-refractivity contribution in [2.45, 2.75) is 116 Å². The van der Waals surface area contributed by atoms with Crippen LogP contribution in [0.25, 0.3) is 11.0 Å². The zero-order chi connectivity index (χ0) is 35.3. The van der Waals surface area contributed by atoms with E-state index < -0.39 is 27.8 Å². The number of hydrogen-bond donors (Lipinski definition) is 3. The van der Waals surface area contributed by atoms with Crippen LogP contribution >= 0.6 is 0 Å². The largest absolute Gasteiger partial charge is 0.444 e. The molecule has 2 heterocycles. The van der Waals surface area contributed by atoms with E-state index in [2.05, 4.69) is 66.7 Å². The molecular formula is C36H52FN5O4Si2. The molecule has 0 radical (unpaired) electrons.